The molecule has 1 atom stereocenters. The van der Waals surface area contributed by atoms with Gasteiger partial charge in [0.15, 0.2) is 0 Å². The number of nitrogens with zero attached hydrogens (tertiary/aromatic N) is 3. The highest BCUT2D eigenvalue weighted by Gasteiger charge is 2.46. The van der Waals surface area contributed by atoms with Gasteiger partial charge in [-0.1, -0.05) is 11.6 Å². The fourth-order valence-corrected chi connectivity index (χ4v) is 4.30. The number of halogens is 1. The maximum atomic E-state index is 13.1. The van der Waals surface area contributed by atoms with Crippen LogP contribution in [-0.2, 0) is 14.3 Å². The second kappa shape index (κ2) is 9.68. The minimum atomic E-state index is -0.724. The fourth-order valence-electron chi connectivity index (χ4n) is 4.05. The van der Waals surface area contributed by atoms with Crippen LogP contribution in [0.25, 0.3) is 5.76 Å². The summed E-state index contributed by atoms with van der Waals surface area (Å²) in [4.78, 5) is 33.8. The average molecular weight is 458 g/mol. The molecule has 32 heavy (non-hydrogen) atoms. The SMILES string of the molecule is COc1ccc(C(O)=C2C(=O)C(=O)N(CCN3CCOCC3)[C@@H]2c2ccncc2)cc1Cl. The second-order valence-corrected chi connectivity index (χ2v) is 7.98. The van der Waals surface area contributed by atoms with E-state index in [4.69, 9.17) is 21.1 Å². The first-order valence-corrected chi connectivity index (χ1v) is 10.7. The Morgan fingerprint density at radius 3 is 2.56 bits per heavy atom. The number of aliphatic hydroxyl groups is 1. The van der Waals surface area contributed by atoms with Gasteiger partial charge >= 0.3 is 0 Å². The normalized spacial score (nSPS) is 21.2. The number of ketones is 1. The Hall–Kier alpha value is -2.94. The molecule has 0 radical (unpaired) electrons. The molecule has 1 amide bonds. The highest BCUT2D eigenvalue weighted by Crippen LogP contribution is 2.40. The first kappa shape index (κ1) is 22.3. The number of likely N-dealkylation sites (tertiary alicyclic amines) is 1. The highest BCUT2D eigenvalue weighted by atomic mass is 35.5. The molecule has 2 aliphatic rings. The molecule has 1 aromatic heterocycles. The molecular formula is C23H24ClN3O5. The first-order valence-electron chi connectivity index (χ1n) is 10.3. The Morgan fingerprint density at radius 1 is 1.19 bits per heavy atom. The summed E-state index contributed by atoms with van der Waals surface area (Å²) in [7, 11) is 1.49. The number of aromatic nitrogens is 1. The number of benzene rings is 1. The van der Waals surface area contributed by atoms with Gasteiger partial charge in [-0.25, -0.2) is 0 Å². The predicted octanol–water partition coefficient (Wildman–Crippen LogP) is 2.50. The van der Waals surface area contributed by atoms with Gasteiger partial charge in [0.2, 0.25) is 0 Å². The number of methoxy groups -OCH3 is 1. The molecule has 9 heteroatoms. The predicted molar refractivity (Wildman–Crippen MR) is 119 cm³/mol. The molecule has 1 N–H and O–H groups in total. The Morgan fingerprint density at radius 2 is 1.91 bits per heavy atom. The van der Waals surface area contributed by atoms with Crippen molar-refractivity contribution in [3.8, 4) is 5.75 Å². The molecule has 3 heterocycles. The quantitative estimate of drug-likeness (QED) is 0.404. The zero-order valence-electron chi connectivity index (χ0n) is 17.7. The Bertz CT molecular complexity index is 1040. The average Bonchev–Trinajstić information content (AvgIpc) is 3.08. The maximum absolute atomic E-state index is 13.1. The molecule has 2 fully saturated rings. The number of amides is 1. The van der Waals surface area contributed by atoms with Crippen molar-refractivity contribution in [1.82, 2.24) is 14.8 Å². The number of hydrogen-bond acceptors (Lipinski definition) is 7. The van der Waals surface area contributed by atoms with E-state index in [0.717, 1.165) is 13.1 Å². The van der Waals surface area contributed by atoms with E-state index in [-0.39, 0.29) is 11.3 Å². The molecule has 2 aromatic rings. The Labute approximate surface area is 191 Å². The van der Waals surface area contributed by atoms with Gasteiger partial charge in [0.25, 0.3) is 11.7 Å². The largest absolute Gasteiger partial charge is 0.507 e. The third kappa shape index (κ3) is 4.34. The third-order valence-electron chi connectivity index (χ3n) is 5.75. The van der Waals surface area contributed by atoms with E-state index in [1.807, 2.05) is 0 Å². The second-order valence-electron chi connectivity index (χ2n) is 7.58. The van der Waals surface area contributed by atoms with Crippen LogP contribution in [0.15, 0.2) is 48.3 Å². The van der Waals surface area contributed by atoms with Gasteiger partial charge in [-0.2, -0.15) is 0 Å². The number of rotatable bonds is 6. The minimum absolute atomic E-state index is 0.0319. The van der Waals surface area contributed by atoms with Crippen LogP contribution < -0.4 is 4.74 Å². The lowest BCUT2D eigenvalue weighted by Gasteiger charge is -2.31. The zero-order chi connectivity index (χ0) is 22.7. The third-order valence-corrected chi connectivity index (χ3v) is 6.04. The van der Waals surface area contributed by atoms with Crippen molar-refractivity contribution < 1.29 is 24.2 Å². The minimum Gasteiger partial charge on any atom is -0.507 e. The summed E-state index contributed by atoms with van der Waals surface area (Å²) in [5.74, 6) is -1.19. The lowest BCUT2D eigenvalue weighted by Crippen LogP contribution is -2.42. The summed E-state index contributed by atoms with van der Waals surface area (Å²) in [5.41, 5.74) is 1.06. The lowest BCUT2D eigenvalue weighted by atomic mass is 9.96. The monoisotopic (exact) mass is 457 g/mol. The van der Waals surface area contributed by atoms with Crippen molar-refractivity contribution in [2.45, 2.75) is 6.04 Å². The first-order chi connectivity index (χ1) is 15.5. The topological polar surface area (TPSA) is 92.2 Å². The molecule has 0 spiro atoms. The van der Waals surface area contributed by atoms with Crippen LogP contribution in [0, 0.1) is 0 Å². The van der Waals surface area contributed by atoms with Crippen molar-refractivity contribution in [3.63, 3.8) is 0 Å². The van der Waals surface area contributed by atoms with Crippen LogP contribution >= 0.6 is 11.6 Å². The number of ether oxygens (including phenoxy) is 2. The van der Waals surface area contributed by atoms with Crippen molar-refractivity contribution in [2.24, 2.45) is 0 Å². The van der Waals surface area contributed by atoms with Crippen molar-refractivity contribution in [2.75, 3.05) is 46.5 Å². The molecule has 1 aromatic carbocycles. The zero-order valence-corrected chi connectivity index (χ0v) is 18.4. The highest BCUT2D eigenvalue weighted by molar-refractivity contribution is 6.46. The number of pyridine rings is 1. The van der Waals surface area contributed by atoms with Gasteiger partial charge in [0.1, 0.15) is 11.5 Å². The van der Waals surface area contributed by atoms with Gasteiger partial charge < -0.3 is 19.5 Å². The van der Waals surface area contributed by atoms with E-state index in [1.165, 1.54) is 18.1 Å². The van der Waals surface area contributed by atoms with E-state index < -0.39 is 17.7 Å². The van der Waals surface area contributed by atoms with Crippen LogP contribution in [0.1, 0.15) is 17.2 Å². The van der Waals surface area contributed by atoms with Crippen molar-refractivity contribution in [3.05, 3.63) is 64.4 Å². The maximum Gasteiger partial charge on any atom is 0.295 e. The van der Waals surface area contributed by atoms with Gasteiger partial charge in [0.05, 0.1) is 37.0 Å². The Kier molecular flexibility index (Phi) is 6.74. The molecule has 4 rings (SSSR count). The molecule has 0 aliphatic carbocycles. The fraction of sp³-hybridized carbons (Fsp3) is 0.348. The van der Waals surface area contributed by atoms with E-state index in [9.17, 15) is 14.7 Å². The van der Waals surface area contributed by atoms with E-state index in [1.54, 1.807) is 36.7 Å². The Balaban J connectivity index is 1.72. The number of carbonyl (C=O) groups excluding carboxylic acids is 2. The number of Topliss-reactive ketones (excluding diaryl/α,β-unsaturated/α-hetero) is 1. The number of morpholine rings is 1. The molecule has 0 unspecified atom stereocenters. The molecule has 0 bridgehead atoms. The van der Waals surface area contributed by atoms with Crippen molar-refractivity contribution in [1.29, 1.82) is 0 Å². The van der Waals surface area contributed by atoms with E-state index in [2.05, 4.69) is 9.88 Å². The molecule has 2 saturated heterocycles. The summed E-state index contributed by atoms with van der Waals surface area (Å²) in [5, 5.41) is 11.4. The van der Waals surface area contributed by atoms with Crippen LogP contribution in [-0.4, -0.2) is 78.1 Å². The number of aliphatic hydroxyl groups excluding tert-OH is 1. The van der Waals surface area contributed by atoms with Gasteiger partial charge in [-0.15, -0.1) is 0 Å². The number of carbonyl (C=O) groups is 2. The number of hydrogen-bond donors (Lipinski definition) is 1. The lowest BCUT2D eigenvalue weighted by molar-refractivity contribution is -0.140. The standard InChI is InChI=1S/C23H24ClN3O5/c1-31-18-3-2-16(14-17(18)24)21(28)19-20(15-4-6-25-7-5-15)27(23(30)22(19)29)9-8-26-10-12-32-13-11-26/h2-7,14,20,28H,8-13H2,1H3/t20-/m1/s1. The smallest absolute Gasteiger partial charge is 0.295 e. The van der Waals surface area contributed by atoms with Gasteiger partial charge in [-0.3, -0.25) is 19.5 Å². The van der Waals surface area contributed by atoms with Crippen LogP contribution in [0.4, 0.5) is 0 Å². The van der Waals surface area contributed by atoms with E-state index >= 15 is 0 Å². The molecule has 8 nitrogen and oxygen atoms in total. The van der Waals surface area contributed by atoms with Crippen LogP contribution in [0.5, 0.6) is 5.75 Å². The molecule has 2 aliphatic heterocycles. The van der Waals surface area contributed by atoms with E-state index in [0.29, 0.717) is 48.2 Å². The summed E-state index contributed by atoms with van der Waals surface area (Å²) in [6.07, 6.45) is 3.20. The van der Waals surface area contributed by atoms with Crippen LogP contribution in [0.3, 0.4) is 0 Å². The molecule has 0 saturated carbocycles. The van der Waals surface area contributed by atoms with Crippen molar-refractivity contribution >= 4 is 29.1 Å². The summed E-state index contributed by atoms with van der Waals surface area (Å²) in [6, 6.07) is 7.48. The van der Waals surface area contributed by atoms with Gasteiger partial charge in [0, 0.05) is 44.1 Å². The summed E-state index contributed by atoms with van der Waals surface area (Å²) < 4.78 is 10.5. The molecule has 168 valence electrons. The van der Waals surface area contributed by atoms with Gasteiger partial charge in [-0.05, 0) is 35.9 Å². The van der Waals surface area contributed by atoms with Crippen LogP contribution in [0.2, 0.25) is 5.02 Å². The molecular weight excluding hydrogens is 434 g/mol. The summed E-state index contributed by atoms with van der Waals surface area (Å²) >= 11 is 6.22. The summed E-state index contributed by atoms with van der Waals surface area (Å²) in [6.45, 7) is 3.78.